The molecule has 3 aliphatic rings. The summed E-state index contributed by atoms with van der Waals surface area (Å²) in [6.07, 6.45) is 9.69. The quantitative estimate of drug-likeness (QED) is 0.782. The van der Waals surface area contributed by atoms with Crippen molar-refractivity contribution in [2.24, 2.45) is 0 Å². The topological polar surface area (TPSA) is 61.8 Å². The number of hydrogen-bond donors (Lipinski definition) is 0. The second-order valence-corrected chi connectivity index (χ2v) is 8.08. The van der Waals surface area contributed by atoms with Crippen molar-refractivity contribution in [3.63, 3.8) is 0 Å². The molecule has 0 unspecified atom stereocenters. The second kappa shape index (κ2) is 8.44. The Bertz CT molecular complexity index is 915. The van der Waals surface area contributed by atoms with Crippen LogP contribution in [0.5, 0.6) is 0 Å². The van der Waals surface area contributed by atoms with Crippen molar-refractivity contribution in [2.75, 3.05) is 44.3 Å². The van der Waals surface area contributed by atoms with Gasteiger partial charge in [-0.05, 0) is 30.0 Å². The van der Waals surface area contributed by atoms with Crippen molar-refractivity contribution in [1.82, 2.24) is 19.8 Å². The maximum Gasteiger partial charge on any atom is 0.256 e. The van der Waals surface area contributed by atoms with Gasteiger partial charge in [0.15, 0.2) is 0 Å². The van der Waals surface area contributed by atoms with Gasteiger partial charge in [0, 0.05) is 57.4 Å². The molecule has 7 nitrogen and oxygen atoms in total. The maximum absolute atomic E-state index is 12.9. The highest BCUT2D eigenvalue weighted by atomic mass is 16.5. The van der Waals surface area contributed by atoms with E-state index in [9.17, 15) is 4.79 Å². The van der Waals surface area contributed by atoms with Crippen LogP contribution in [0.4, 0.5) is 5.95 Å². The molecule has 5 rings (SSSR count). The van der Waals surface area contributed by atoms with E-state index in [0.29, 0.717) is 30.8 Å². The molecule has 2 fully saturated rings. The average Bonchev–Trinajstić information content (AvgIpc) is 2.84. The Kier molecular flexibility index (Phi) is 5.36. The van der Waals surface area contributed by atoms with Crippen molar-refractivity contribution in [1.29, 1.82) is 0 Å². The molecule has 156 valence electrons. The first-order valence-corrected chi connectivity index (χ1v) is 10.7. The molecule has 7 heteroatoms. The van der Waals surface area contributed by atoms with Crippen LogP contribution in [0.25, 0.3) is 6.08 Å². The first kappa shape index (κ1) is 19.1. The van der Waals surface area contributed by atoms with E-state index in [1.165, 1.54) is 11.1 Å². The predicted molar refractivity (Wildman–Crippen MR) is 115 cm³/mol. The summed E-state index contributed by atoms with van der Waals surface area (Å²) < 4.78 is 5.37. The van der Waals surface area contributed by atoms with Crippen molar-refractivity contribution in [2.45, 2.75) is 25.4 Å². The van der Waals surface area contributed by atoms with Gasteiger partial charge in [0.05, 0.1) is 18.8 Å². The van der Waals surface area contributed by atoms with E-state index in [4.69, 9.17) is 4.74 Å². The van der Waals surface area contributed by atoms with Crippen LogP contribution in [0.15, 0.2) is 42.9 Å². The van der Waals surface area contributed by atoms with Gasteiger partial charge in [-0.25, -0.2) is 9.97 Å². The third-order valence-electron chi connectivity index (χ3n) is 6.25. The minimum Gasteiger partial charge on any atom is -0.378 e. The molecule has 0 bridgehead atoms. The zero-order valence-electron chi connectivity index (χ0n) is 17.1. The summed E-state index contributed by atoms with van der Waals surface area (Å²) in [4.78, 5) is 28.2. The normalized spacial score (nSPS) is 19.7. The Morgan fingerprint density at radius 3 is 2.50 bits per heavy atom. The number of piperidine rings is 1. The predicted octanol–water partition coefficient (Wildman–Crippen LogP) is 2.40. The van der Waals surface area contributed by atoms with E-state index in [2.05, 4.69) is 56.3 Å². The van der Waals surface area contributed by atoms with Crippen LogP contribution in [0.2, 0.25) is 0 Å². The number of ether oxygens (including phenoxy) is 1. The van der Waals surface area contributed by atoms with Crippen molar-refractivity contribution < 1.29 is 9.53 Å². The molecule has 1 amide bonds. The minimum atomic E-state index is 0.0292. The summed E-state index contributed by atoms with van der Waals surface area (Å²) in [6.45, 7) is 5.43. The molecule has 1 aromatic carbocycles. The zero-order chi connectivity index (χ0) is 20.3. The molecule has 4 heterocycles. The lowest BCUT2D eigenvalue weighted by molar-refractivity contribution is 0.0655. The number of amides is 1. The largest absolute Gasteiger partial charge is 0.378 e. The van der Waals surface area contributed by atoms with E-state index in [1.54, 1.807) is 12.4 Å². The molecule has 0 saturated carbocycles. The number of carbonyl (C=O) groups excluding carboxylic acids is 1. The van der Waals surface area contributed by atoms with Gasteiger partial charge in [0.25, 0.3) is 5.91 Å². The van der Waals surface area contributed by atoms with Gasteiger partial charge in [-0.3, -0.25) is 4.79 Å². The number of likely N-dealkylation sites (tertiary alicyclic amines) is 1. The van der Waals surface area contributed by atoms with Crippen molar-refractivity contribution in [3.05, 3.63) is 59.5 Å². The SMILES string of the molecule is O=C(c1cnc(N2CCOCC2)nc1)N1CCC(N2C=Cc3ccccc3C2)CC1. The number of aromatic nitrogens is 2. The number of benzene rings is 1. The van der Waals surface area contributed by atoms with Crippen LogP contribution < -0.4 is 4.90 Å². The highest BCUT2D eigenvalue weighted by molar-refractivity contribution is 5.93. The van der Waals surface area contributed by atoms with Gasteiger partial charge in [-0.2, -0.15) is 0 Å². The molecule has 0 N–H and O–H groups in total. The number of morpholine rings is 1. The average molecular weight is 406 g/mol. The summed E-state index contributed by atoms with van der Waals surface area (Å²) >= 11 is 0. The molecule has 1 aromatic heterocycles. The first-order valence-electron chi connectivity index (χ1n) is 10.7. The molecule has 2 saturated heterocycles. The lowest BCUT2D eigenvalue weighted by Crippen LogP contribution is -2.45. The molecule has 0 radical (unpaired) electrons. The molecule has 0 spiro atoms. The smallest absolute Gasteiger partial charge is 0.256 e. The van der Waals surface area contributed by atoms with Gasteiger partial charge in [0.2, 0.25) is 5.95 Å². The first-order chi connectivity index (χ1) is 14.8. The zero-order valence-corrected chi connectivity index (χ0v) is 17.1. The molecule has 30 heavy (non-hydrogen) atoms. The number of rotatable bonds is 3. The van der Waals surface area contributed by atoms with Crippen LogP contribution in [0.1, 0.15) is 34.3 Å². The third kappa shape index (κ3) is 3.89. The van der Waals surface area contributed by atoms with Crippen molar-refractivity contribution in [3.8, 4) is 0 Å². The van der Waals surface area contributed by atoms with Crippen molar-refractivity contribution >= 4 is 17.9 Å². The van der Waals surface area contributed by atoms with Gasteiger partial charge in [-0.15, -0.1) is 0 Å². The summed E-state index contributed by atoms with van der Waals surface area (Å²) in [7, 11) is 0. The minimum absolute atomic E-state index is 0.0292. The van der Waals surface area contributed by atoms with Gasteiger partial charge in [-0.1, -0.05) is 24.3 Å². The highest BCUT2D eigenvalue weighted by Gasteiger charge is 2.28. The summed E-state index contributed by atoms with van der Waals surface area (Å²) in [6, 6.07) is 9.02. The second-order valence-electron chi connectivity index (χ2n) is 8.08. The van der Waals surface area contributed by atoms with E-state index >= 15 is 0 Å². The Hall–Kier alpha value is -2.93. The van der Waals surface area contributed by atoms with E-state index in [-0.39, 0.29) is 5.91 Å². The molecule has 2 aromatic rings. The fourth-order valence-corrected chi connectivity index (χ4v) is 4.46. The monoisotopic (exact) mass is 405 g/mol. The van der Waals surface area contributed by atoms with Crippen LogP contribution in [-0.4, -0.2) is 71.1 Å². The molecular weight excluding hydrogens is 378 g/mol. The molecule has 0 aliphatic carbocycles. The third-order valence-corrected chi connectivity index (χ3v) is 6.25. The highest BCUT2D eigenvalue weighted by Crippen LogP contribution is 2.26. The Labute approximate surface area is 177 Å². The van der Waals surface area contributed by atoms with Gasteiger partial charge in [0.1, 0.15) is 0 Å². The van der Waals surface area contributed by atoms with Crippen LogP contribution in [-0.2, 0) is 11.3 Å². The van der Waals surface area contributed by atoms with E-state index in [1.807, 2.05) is 4.90 Å². The van der Waals surface area contributed by atoms with Crippen LogP contribution in [0, 0.1) is 0 Å². The van der Waals surface area contributed by atoms with Crippen LogP contribution in [0.3, 0.4) is 0 Å². The van der Waals surface area contributed by atoms with E-state index < -0.39 is 0 Å². The Balaban J connectivity index is 1.17. The van der Waals surface area contributed by atoms with E-state index in [0.717, 1.165) is 45.6 Å². The van der Waals surface area contributed by atoms with Gasteiger partial charge < -0.3 is 19.4 Å². The number of nitrogens with zero attached hydrogens (tertiary/aromatic N) is 5. The fourth-order valence-electron chi connectivity index (χ4n) is 4.46. The Morgan fingerprint density at radius 1 is 1.00 bits per heavy atom. The number of anilines is 1. The Morgan fingerprint density at radius 2 is 1.73 bits per heavy atom. The number of carbonyl (C=O) groups is 1. The standard InChI is InChI=1S/C23H27N5O2/c29-22(20-15-24-23(25-16-20)27-11-13-30-14-12-27)26-9-6-21(7-10-26)28-8-5-18-3-1-2-4-19(18)17-28/h1-5,8,15-16,21H,6-7,9-14,17H2. The summed E-state index contributed by atoms with van der Waals surface area (Å²) in [5, 5.41) is 0. The summed E-state index contributed by atoms with van der Waals surface area (Å²) in [5.74, 6) is 0.701. The fraction of sp³-hybridized carbons (Fsp3) is 0.435. The lowest BCUT2D eigenvalue weighted by Gasteiger charge is -2.39. The van der Waals surface area contributed by atoms with Gasteiger partial charge >= 0.3 is 0 Å². The maximum atomic E-state index is 12.9. The number of hydrogen-bond acceptors (Lipinski definition) is 6. The summed E-state index contributed by atoms with van der Waals surface area (Å²) in [5.41, 5.74) is 3.25. The number of fused-ring (bicyclic) bond motifs is 1. The molecule has 0 atom stereocenters. The van der Waals surface area contributed by atoms with Crippen LogP contribution >= 0.6 is 0 Å². The molecular formula is C23H27N5O2. The molecule has 3 aliphatic heterocycles. The lowest BCUT2D eigenvalue weighted by atomic mass is 9.98.